The molecule has 1 heterocycles. The first-order chi connectivity index (χ1) is 11.9. The standard InChI is InChI=1S/C14H19NO9P2/c16-12-10-6-2-3-7-11(10)13(17)15(12)9-5-1-4-8-14(18,25(19,20)21)26(22,23)24/h2-3,6-7,18H,1,4-5,8-9H2,(H2,19,20,21)(H2,22,23,24). The van der Waals surface area contributed by atoms with E-state index in [-0.39, 0.29) is 25.8 Å². The van der Waals surface area contributed by atoms with Crippen LogP contribution in [0.3, 0.4) is 0 Å². The van der Waals surface area contributed by atoms with Gasteiger partial charge in [0.2, 0.25) is 0 Å². The van der Waals surface area contributed by atoms with E-state index in [9.17, 15) is 23.8 Å². The summed E-state index contributed by atoms with van der Waals surface area (Å²) >= 11 is 0. The lowest BCUT2D eigenvalue weighted by molar-refractivity contribution is 0.0650. The molecular weight excluding hydrogens is 388 g/mol. The lowest BCUT2D eigenvalue weighted by atomic mass is 10.1. The van der Waals surface area contributed by atoms with Crippen LogP contribution < -0.4 is 0 Å². The van der Waals surface area contributed by atoms with Crippen molar-refractivity contribution < 1.29 is 43.4 Å². The zero-order valence-electron chi connectivity index (χ0n) is 13.6. The van der Waals surface area contributed by atoms with Gasteiger partial charge in [-0.15, -0.1) is 0 Å². The number of fused-ring (bicyclic) bond motifs is 1. The Labute approximate surface area is 148 Å². The van der Waals surface area contributed by atoms with E-state index < -0.39 is 38.5 Å². The van der Waals surface area contributed by atoms with Gasteiger partial charge in [0.1, 0.15) is 0 Å². The largest absolute Gasteiger partial charge is 0.369 e. The van der Waals surface area contributed by atoms with Crippen LogP contribution in [0.1, 0.15) is 46.4 Å². The molecule has 26 heavy (non-hydrogen) atoms. The lowest BCUT2D eigenvalue weighted by Gasteiger charge is -2.29. The van der Waals surface area contributed by atoms with Crippen LogP contribution in [0.15, 0.2) is 24.3 Å². The summed E-state index contributed by atoms with van der Waals surface area (Å²) < 4.78 is 22.5. The molecule has 0 aliphatic carbocycles. The van der Waals surface area contributed by atoms with E-state index >= 15 is 0 Å². The van der Waals surface area contributed by atoms with Gasteiger partial charge in [-0.3, -0.25) is 23.6 Å². The molecule has 0 radical (unpaired) electrons. The summed E-state index contributed by atoms with van der Waals surface area (Å²) in [5.74, 6) is -0.875. The fourth-order valence-corrected chi connectivity index (χ4v) is 4.97. The molecule has 0 atom stereocenters. The van der Waals surface area contributed by atoms with Crippen LogP contribution in [0, 0.1) is 0 Å². The maximum Gasteiger partial charge on any atom is 0.369 e. The fraction of sp³-hybridized carbons (Fsp3) is 0.429. The Morgan fingerprint density at radius 1 is 0.846 bits per heavy atom. The predicted octanol–water partition coefficient (Wildman–Crippen LogP) is 0.844. The van der Waals surface area contributed by atoms with Crippen molar-refractivity contribution in [2.75, 3.05) is 6.54 Å². The molecule has 0 bridgehead atoms. The second-order valence-electron chi connectivity index (χ2n) is 5.98. The maximum absolute atomic E-state index is 12.2. The van der Waals surface area contributed by atoms with Crippen molar-refractivity contribution in [1.29, 1.82) is 0 Å². The molecule has 0 aromatic heterocycles. The zero-order chi connectivity index (χ0) is 19.8. The fourth-order valence-electron chi connectivity index (χ4n) is 2.71. The van der Waals surface area contributed by atoms with Crippen molar-refractivity contribution >= 4 is 27.0 Å². The van der Waals surface area contributed by atoms with Gasteiger partial charge < -0.3 is 24.7 Å². The first-order valence-corrected chi connectivity index (χ1v) is 10.9. The number of imide groups is 1. The summed E-state index contributed by atoms with van der Waals surface area (Å²) in [5, 5.41) is 6.32. The molecule has 0 spiro atoms. The Kier molecular flexibility index (Phi) is 5.90. The first-order valence-electron chi connectivity index (χ1n) is 7.69. The third kappa shape index (κ3) is 3.82. The molecule has 1 aliphatic heterocycles. The number of unbranched alkanes of at least 4 members (excludes halogenated alkanes) is 2. The molecule has 0 fully saturated rings. The Morgan fingerprint density at radius 3 is 1.73 bits per heavy atom. The number of carbonyl (C=O) groups is 2. The summed E-state index contributed by atoms with van der Waals surface area (Å²) in [7, 11) is -10.9. The van der Waals surface area contributed by atoms with Crippen molar-refractivity contribution in [2.45, 2.75) is 30.8 Å². The molecule has 10 nitrogen and oxygen atoms in total. The van der Waals surface area contributed by atoms with Crippen molar-refractivity contribution in [3.8, 4) is 0 Å². The topological polar surface area (TPSA) is 173 Å². The lowest BCUT2D eigenvalue weighted by Crippen LogP contribution is -2.31. The third-order valence-corrected chi connectivity index (χ3v) is 8.08. The van der Waals surface area contributed by atoms with E-state index in [1.165, 1.54) is 12.1 Å². The molecule has 144 valence electrons. The molecule has 2 rings (SSSR count). The highest BCUT2D eigenvalue weighted by atomic mass is 31.2. The number of hydrogen-bond donors (Lipinski definition) is 5. The van der Waals surface area contributed by atoms with Crippen molar-refractivity contribution in [2.24, 2.45) is 0 Å². The monoisotopic (exact) mass is 407 g/mol. The molecule has 0 saturated carbocycles. The van der Waals surface area contributed by atoms with Gasteiger partial charge in [-0.25, -0.2) is 0 Å². The van der Waals surface area contributed by atoms with E-state index in [0.29, 0.717) is 11.1 Å². The Morgan fingerprint density at radius 2 is 1.31 bits per heavy atom. The van der Waals surface area contributed by atoms with Gasteiger partial charge in [-0.2, -0.15) is 0 Å². The SMILES string of the molecule is O=C1c2ccccc2C(=O)N1CCCCCC(O)(P(=O)(O)O)P(=O)(O)O. The van der Waals surface area contributed by atoms with Crippen LogP contribution in [-0.4, -0.2) is 53.0 Å². The van der Waals surface area contributed by atoms with E-state index in [1.54, 1.807) is 12.1 Å². The van der Waals surface area contributed by atoms with Gasteiger partial charge in [-0.05, 0) is 31.4 Å². The van der Waals surface area contributed by atoms with E-state index in [4.69, 9.17) is 19.6 Å². The van der Waals surface area contributed by atoms with Gasteiger partial charge >= 0.3 is 15.2 Å². The predicted molar refractivity (Wildman–Crippen MR) is 89.3 cm³/mol. The summed E-state index contributed by atoms with van der Waals surface area (Å²) in [4.78, 5) is 61.5. The van der Waals surface area contributed by atoms with Crippen LogP contribution >= 0.6 is 15.2 Å². The number of amides is 2. The minimum Gasteiger partial charge on any atom is -0.368 e. The quantitative estimate of drug-likeness (QED) is 0.238. The summed E-state index contributed by atoms with van der Waals surface area (Å²) in [5.41, 5.74) is 0.602. The molecule has 2 amide bonds. The van der Waals surface area contributed by atoms with Crippen LogP contribution in [0.5, 0.6) is 0 Å². The summed E-state index contributed by atoms with van der Waals surface area (Å²) in [6.45, 7) is 0.0522. The highest BCUT2D eigenvalue weighted by molar-refractivity contribution is 7.72. The van der Waals surface area contributed by atoms with E-state index in [0.717, 1.165) is 4.90 Å². The zero-order valence-corrected chi connectivity index (χ0v) is 15.3. The van der Waals surface area contributed by atoms with Crippen LogP contribution in [0.25, 0.3) is 0 Å². The van der Waals surface area contributed by atoms with Crippen molar-refractivity contribution in [3.63, 3.8) is 0 Å². The maximum atomic E-state index is 12.2. The Balaban J connectivity index is 1.90. The highest BCUT2D eigenvalue weighted by Gasteiger charge is 2.58. The average molecular weight is 407 g/mol. The molecule has 12 heteroatoms. The minimum absolute atomic E-state index is 0.0522. The molecular formula is C14H19NO9P2. The Bertz CT molecular complexity index is 755. The number of nitrogens with zero attached hydrogens (tertiary/aromatic N) is 1. The summed E-state index contributed by atoms with van der Waals surface area (Å²) in [6.07, 6.45) is -0.487. The van der Waals surface area contributed by atoms with Gasteiger partial charge in [0.15, 0.2) is 0 Å². The van der Waals surface area contributed by atoms with E-state index in [1.807, 2.05) is 0 Å². The Hall–Kier alpha value is -1.38. The van der Waals surface area contributed by atoms with Gasteiger partial charge in [-0.1, -0.05) is 18.6 Å². The summed E-state index contributed by atoms with van der Waals surface area (Å²) in [6, 6.07) is 6.35. The van der Waals surface area contributed by atoms with Gasteiger partial charge in [0, 0.05) is 6.54 Å². The van der Waals surface area contributed by atoms with Crippen molar-refractivity contribution in [3.05, 3.63) is 35.4 Å². The highest BCUT2D eigenvalue weighted by Crippen LogP contribution is 2.69. The number of rotatable bonds is 8. The molecule has 1 aromatic rings. The van der Waals surface area contributed by atoms with Crippen LogP contribution in [0.4, 0.5) is 0 Å². The third-order valence-electron chi connectivity index (χ3n) is 4.21. The van der Waals surface area contributed by atoms with Crippen LogP contribution in [0.2, 0.25) is 0 Å². The average Bonchev–Trinajstić information content (AvgIpc) is 2.77. The first kappa shape index (κ1) is 20.9. The number of aliphatic hydroxyl groups is 1. The van der Waals surface area contributed by atoms with Gasteiger partial charge in [0.25, 0.3) is 16.9 Å². The number of carbonyl (C=O) groups excluding carboxylic acids is 2. The second-order valence-corrected chi connectivity index (χ2v) is 9.99. The second kappa shape index (κ2) is 7.32. The normalized spacial score (nSPS) is 15.5. The van der Waals surface area contributed by atoms with Crippen LogP contribution in [-0.2, 0) is 9.13 Å². The molecule has 1 aromatic carbocycles. The van der Waals surface area contributed by atoms with E-state index in [2.05, 4.69) is 0 Å². The molecule has 0 saturated heterocycles. The molecule has 5 N–H and O–H groups in total. The number of hydrogen-bond acceptors (Lipinski definition) is 5. The number of benzene rings is 1. The van der Waals surface area contributed by atoms with Crippen molar-refractivity contribution in [1.82, 2.24) is 4.90 Å². The molecule has 0 unspecified atom stereocenters. The minimum atomic E-state index is -5.46. The molecule has 1 aliphatic rings. The van der Waals surface area contributed by atoms with Gasteiger partial charge in [0.05, 0.1) is 11.1 Å². The smallest absolute Gasteiger partial charge is 0.368 e.